The monoisotopic (exact) mass is 293 g/mol. The van der Waals surface area contributed by atoms with E-state index < -0.39 is 4.92 Å². The Labute approximate surface area is 120 Å². The fourth-order valence-corrected chi connectivity index (χ4v) is 1.67. The van der Waals surface area contributed by atoms with Crippen molar-refractivity contribution in [1.82, 2.24) is 9.97 Å². The van der Waals surface area contributed by atoms with Crippen LogP contribution >= 0.6 is 11.6 Å². The number of nitro groups is 1. The van der Waals surface area contributed by atoms with Crippen molar-refractivity contribution in [3.8, 4) is 0 Å². The molecule has 0 amide bonds. The summed E-state index contributed by atoms with van der Waals surface area (Å²) in [5, 5.41) is 14.5. The van der Waals surface area contributed by atoms with Crippen molar-refractivity contribution in [2.75, 3.05) is 24.3 Å². The van der Waals surface area contributed by atoms with Crippen LogP contribution in [0.4, 0.5) is 23.1 Å². The number of aromatic nitrogens is 2. The predicted molar refractivity (Wildman–Crippen MR) is 77.7 cm³/mol. The van der Waals surface area contributed by atoms with E-state index in [2.05, 4.69) is 15.3 Å². The van der Waals surface area contributed by atoms with Crippen molar-refractivity contribution in [3.05, 3.63) is 45.6 Å². The number of rotatable bonds is 4. The second kappa shape index (κ2) is 5.70. The summed E-state index contributed by atoms with van der Waals surface area (Å²) in [4.78, 5) is 20.0. The number of hydrogen-bond donors (Lipinski definition) is 1. The van der Waals surface area contributed by atoms with E-state index in [9.17, 15) is 10.1 Å². The summed E-state index contributed by atoms with van der Waals surface area (Å²) in [6.45, 7) is 0. The van der Waals surface area contributed by atoms with Crippen LogP contribution in [0.3, 0.4) is 0 Å². The normalized spacial score (nSPS) is 10.2. The molecule has 1 aromatic heterocycles. The van der Waals surface area contributed by atoms with Crippen molar-refractivity contribution < 1.29 is 4.92 Å². The van der Waals surface area contributed by atoms with Crippen LogP contribution < -0.4 is 10.2 Å². The van der Waals surface area contributed by atoms with E-state index >= 15 is 0 Å². The van der Waals surface area contributed by atoms with Gasteiger partial charge in [0.1, 0.15) is 6.20 Å². The Morgan fingerprint density at radius 3 is 2.50 bits per heavy atom. The first kappa shape index (κ1) is 14.0. The Bertz CT molecular complexity index is 630. The highest BCUT2D eigenvalue weighted by atomic mass is 35.5. The van der Waals surface area contributed by atoms with E-state index in [1.807, 2.05) is 0 Å². The highest BCUT2D eigenvalue weighted by Gasteiger charge is 2.18. The minimum atomic E-state index is -0.512. The molecule has 0 bridgehead atoms. The van der Waals surface area contributed by atoms with Crippen LogP contribution in [-0.2, 0) is 0 Å². The van der Waals surface area contributed by atoms with Crippen LogP contribution in [0.25, 0.3) is 0 Å². The highest BCUT2D eigenvalue weighted by molar-refractivity contribution is 6.30. The van der Waals surface area contributed by atoms with Gasteiger partial charge < -0.3 is 10.2 Å². The van der Waals surface area contributed by atoms with Gasteiger partial charge in [0.2, 0.25) is 11.8 Å². The average molecular weight is 294 g/mol. The largest absolute Gasteiger partial charge is 0.357 e. The van der Waals surface area contributed by atoms with Gasteiger partial charge in [-0.1, -0.05) is 11.6 Å². The molecule has 0 aliphatic carbocycles. The van der Waals surface area contributed by atoms with E-state index in [0.29, 0.717) is 5.02 Å². The molecule has 0 saturated heterocycles. The molecule has 0 aliphatic heterocycles. The predicted octanol–water partition coefficient (Wildman–Crippen LogP) is 2.85. The van der Waals surface area contributed by atoms with Gasteiger partial charge in [0, 0.05) is 24.8 Å². The summed E-state index contributed by atoms with van der Waals surface area (Å²) < 4.78 is 0. The topological polar surface area (TPSA) is 84.2 Å². The molecule has 8 heteroatoms. The molecule has 1 aromatic carbocycles. The second-order valence-corrected chi connectivity index (χ2v) is 4.62. The Kier molecular flexibility index (Phi) is 3.99. The molecule has 0 fully saturated rings. The van der Waals surface area contributed by atoms with Crippen LogP contribution in [0.2, 0.25) is 5.02 Å². The molecule has 0 radical (unpaired) electrons. The van der Waals surface area contributed by atoms with E-state index in [1.165, 1.54) is 6.20 Å². The lowest BCUT2D eigenvalue weighted by Crippen LogP contribution is -2.14. The Balaban J connectivity index is 2.31. The smallest absolute Gasteiger partial charge is 0.329 e. The van der Waals surface area contributed by atoms with Crippen LogP contribution in [0, 0.1) is 10.1 Å². The minimum absolute atomic E-state index is 0.142. The summed E-state index contributed by atoms with van der Waals surface area (Å²) in [5.41, 5.74) is 0.601. The van der Waals surface area contributed by atoms with Crippen LogP contribution in [0.5, 0.6) is 0 Å². The summed E-state index contributed by atoms with van der Waals surface area (Å²) in [6, 6.07) is 6.98. The van der Waals surface area contributed by atoms with Gasteiger partial charge in [-0.3, -0.25) is 10.1 Å². The fourth-order valence-electron chi connectivity index (χ4n) is 1.55. The number of hydrogen-bond acceptors (Lipinski definition) is 6. The lowest BCUT2D eigenvalue weighted by atomic mass is 10.3. The van der Waals surface area contributed by atoms with E-state index in [-0.39, 0.29) is 17.5 Å². The molecule has 2 rings (SSSR count). The zero-order chi connectivity index (χ0) is 14.7. The van der Waals surface area contributed by atoms with E-state index in [4.69, 9.17) is 11.6 Å². The molecule has 7 nitrogen and oxygen atoms in total. The molecular weight excluding hydrogens is 282 g/mol. The maximum atomic E-state index is 10.9. The summed E-state index contributed by atoms with van der Waals surface area (Å²) in [7, 11) is 3.36. The number of nitrogens with zero attached hydrogens (tertiary/aromatic N) is 4. The van der Waals surface area contributed by atoms with Gasteiger partial charge in [0.15, 0.2) is 0 Å². The van der Waals surface area contributed by atoms with Crippen molar-refractivity contribution >= 4 is 34.7 Å². The van der Waals surface area contributed by atoms with Gasteiger partial charge in [0.05, 0.1) is 4.92 Å². The van der Waals surface area contributed by atoms with Gasteiger partial charge in [-0.05, 0) is 24.3 Å². The molecule has 1 N–H and O–H groups in total. The third-order valence-corrected chi connectivity index (χ3v) is 2.72. The quantitative estimate of drug-likeness (QED) is 0.689. The Morgan fingerprint density at radius 2 is 1.95 bits per heavy atom. The summed E-state index contributed by atoms with van der Waals surface area (Å²) >= 11 is 5.80. The van der Waals surface area contributed by atoms with Gasteiger partial charge in [0.25, 0.3) is 0 Å². The zero-order valence-electron chi connectivity index (χ0n) is 10.9. The zero-order valence-corrected chi connectivity index (χ0v) is 11.6. The second-order valence-electron chi connectivity index (χ2n) is 4.19. The standard InChI is InChI=1S/C12H12ClN5O2/c1-17(2)11-10(18(19)20)7-14-12(16-11)15-9-5-3-8(13)4-6-9/h3-7H,1-2H3,(H,14,15,16). The number of halogens is 1. The van der Waals surface area contributed by atoms with Gasteiger partial charge in [-0.25, -0.2) is 4.98 Å². The number of anilines is 3. The van der Waals surface area contributed by atoms with Crippen molar-refractivity contribution in [2.24, 2.45) is 0 Å². The maximum absolute atomic E-state index is 10.9. The van der Waals surface area contributed by atoms with Crippen molar-refractivity contribution in [3.63, 3.8) is 0 Å². The Morgan fingerprint density at radius 1 is 1.30 bits per heavy atom. The first-order valence-electron chi connectivity index (χ1n) is 5.68. The van der Waals surface area contributed by atoms with Crippen molar-refractivity contribution in [1.29, 1.82) is 0 Å². The molecule has 0 atom stereocenters. The molecule has 1 heterocycles. The molecule has 20 heavy (non-hydrogen) atoms. The van der Waals surface area contributed by atoms with Crippen LogP contribution in [0.1, 0.15) is 0 Å². The maximum Gasteiger partial charge on any atom is 0.329 e. The third kappa shape index (κ3) is 3.12. The first-order valence-corrected chi connectivity index (χ1v) is 6.06. The first-order chi connectivity index (χ1) is 9.47. The van der Waals surface area contributed by atoms with Crippen molar-refractivity contribution in [2.45, 2.75) is 0 Å². The molecule has 0 unspecified atom stereocenters. The van der Waals surface area contributed by atoms with Gasteiger partial charge in [-0.2, -0.15) is 4.98 Å². The number of nitrogens with one attached hydrogen (secondary N) is 1. The molecule has 2 aromatic rings. The number of benzene rings is 1. The third-order valence-electron chi connectivity index (χ3n) is 2.47. The van der Waals surface area contributed by atoms with E-state index in [0.717, 1.165) is 5.69 Å². The molecular formula is C12H12ClN5O2. The van der Waals surface area contributed by atoms with E-state index in [1.54, 1.807) is 43.3 Å². The SMILES string of the molecule is CN(C)c1nc(Nc2ccc(Cl)cc2)ncc1[N+](=O)[O-]. The molecule has 0 aliphatic rings. The van der Waals surface area contributed by atoms with Crippen LogP contribution in [0.15, 0.2) is 30.5 Å². The summed E-state index contributed by atoms with van der Waals surface area (Å²) in [5.74, 6) is 0.517. The molecule has 104 valence electrons. The molecule has 0 spiro atoms. The lowest BCUT2D eigenvalue weighted by molar-refractivity contribution is -0.384. The van der Waals surface area contributed by atoms with Gasteiger partial charge >= 0.3 is 5.69 Å². The minimum Gasteiger partial charge on any atom is -0.357 e. The van der Waals surface area contributed by atoms with Crippen LogP contribution in [-0.4, -0.2) is 29.0 Å². The lowest BCUT2D eigenvalue weighted by Gasteiger charge is -2.12. The average Bonchev–Trinajstić information content (AvgIpc) is 2.41. The highest BCUT2D eigenvalue weighted by Crippen LogP contribution is 2.25. The fraction of sp³-hybridized carbons (Fsp3) is 0.167. The summed E-state index contributed by atoms with van der Waals surface area (Å²) in [6.07, 6.45) is 1.18. The van der Waals surface area contributed by atoms with Gasteiger partial charge in [-0.15, -0.1) is 0 Å². The molecule has 0 saturated carbocycles. The Hall–Kier alpha value is -2.41.